The van der Waals surface area contributed by atoms with Gasteiger partial charge in [-0.05, 0) is 86.2 Å². The lowest BCUT2D eigenvalue weighted by atomic mass is 9.77. The van der Waals surface area contributed by atoms with Crippen LogP contribution < -0.4 is 14.4 Å². The first-order valence-electron chi connectivity index (χ1n) is 15.7. The number of rotatable bonds is 9. The topological polar surface area (TPSA) is 107 Å². The summed E-state index contributed by atoms with van der Waals surface area (Å²) >= 11 is 0. The largest absolute Gasteiger partial charge is 0.494 e. The Labute approximate surface area is 263 Å². The zero-order valence-corrected chi connectivity index (χ0v) is 25.7. The van der Waals surface area contributed by atoms with Gasteiger partial charge in [0.05, 0.1) is 54.4 Å². The van der Waals surface area contributed by atoms with Gasteiger partial charge >= 0.3 is 0 Å². The highest BCUT2D eigenvalue weighted by atomic mass is 16.6. The van der Waals surface area contributed by atoms with E-state index in [0.29, 0.717) is 45.2 Å². The van der Waals surface area contributed by atoms with E-state index in [-0.39, 0.29) is 29.1 Å². The van der Waals surface area contributed by atoms with Gasteiger partial charge in [-0.15, -0.1) is 0 Å². The number of allylic oxidation sites excluding steroid dienone is 1. The van der Waals surface area contributed by atoms with Crippen molar-refractivity contribution >= 4 is 29.1 Å². The minimum absolute atomic E-state index is 0.0277. The summed E-state index contributed by atoms with van der Waals surface area (Å²) in [6, 6.07) is 20.0. The third-order valence-corrected chi connectivity index (χ3v) is 8.55. The van der Waals surface area contributed by atoms with Crippen LogP contribution in [0.1, 0.15) is 60.6 Å². The lowest BCUT2D eigenvalue weighted by Crippen LogP contribution is -2.38. The molecule has 0 unspecified atom stereocenters. The van der Waals surface area contributed by atoms with Gasteiger partial charge in [0.2, 0.25) is 0 Å². The highest BCUT2D eigenvalue weighted by Crippen LogP contribution is 2.46. The number of morpholine rings is 1. The number of non-ortho nitro benzene ring substituents is 1. The van der Waals surface area contributed by atoms with Crippen molar-refractivity contribution in [2.75, 3.05) is 44.4 Å². The second-order valence-corrected chi connectivity index (χ2v) is 11.3. The standard InChI is InChI=1S/C35H38N4O6/c1-3-44-28-13-8-24(9-14-28)22-26-6-5-7-30-33(26)36-38(34(30)25-10-15-29(16-11-25)45-4-2)35(40)31-23-27(39(41)42)12-17-32(31)37-18-20-43-21-19-37/h8-17,22-23,30,34H,3-7,18-21H2,1-2H3/b26-22+/t30-,34-/m0/s1. The minimum atomic E-state index is -0.461. The Kier molecular flexibility index (Phi) is 9.11. The lowest BCUT2D eigenvalue weighted by Gasteiger charge is -2.32. The summed E-state index contributed by atoms with van der Waals surface area (Å²) in [7, 11) is 0. The van der Waals surface area contributed by atoms with Crippen LogP contribution in [-0.4, -0.2) is 61.1 Å². The number of nitrogens with zero attached hydrogens (tertiary/aromatic N) is 4. The number of nitro benzene ring substituents is 1. The van der Waals surface area contributed by atoms with Crippen LogP contribution in [0.25, 0.3) is 6.08 Å². The zero-order chi connectivity index (χ0) is 31.3. The second kappa shape index (κ2) is 13.5. The van der Waals surface area contributed by atoms with E-state index in [9.17, 15) is 14.9 Å². The first-order chi connectivity index (χ1) is 22.0. The van der Waals surface area contributed by atoms with E-state index in [1.54, 1.807) is 11.1 Å². The number of nitro groups is 1. The molecular weight excluding hydrogens is 572 g/mol. The molecule has 6 rings (SSSR count). The van der Waals surface area contributed by atoms with Gasteiger partial charge in [-0.3, -0.25) is 14.9 Å². The summed E-state index contributed by atoms with van der Waals surface area (Å²) in [5.74, 6) is 1.19. The number of carbonyl (C=O) groups excluding carboxylic acids is 1. The summed E-state index contributed by atoms with van der Waals surface area (Å²) in [6.07, 6.45) is 4.82. The lowest BCUT2D eigenvalue weighted by molar-refractivity contribution is -0.384. The van der Waals surface area contributed by atoms with Gasteiger partial charge in [0, 0.05) is 31.1 Å². The fourth-order valence-electron chi connectivity index (χ4n) is 6.47. The molecule has 3 aliphatic rings. The number of anilines is 1. The molecule has 0 bridgehead atoms. The molecule has 0 radical (unpaired) electrons. The molecule has 2 fully saturated rings. The highest BCUT2D eigenvalue weighted by molar-refractivity contribution is 6.10. The normalized spacial score (nSPS) is 20.5. The molecule has 0 N–H and O–H groups in total. The van der Waals surface area contributed by atoms with Gasteiger partial charge in [0.25, 0.3) is 11.6 Å². The van der Waals surface area contributed by atoms with Crippen LogP contribution in [0.4, 0.5) is 11.4 Å². The van der Waals surface area contributed by atoms with Gasteiger partial charge < -0.3 is 19.1 Å². The van der Waals surface area contributed by atoms with Gasteiger partial charge in [-0.25, -0.2) is 5.01 Å². The van der Waals surface area contributed by atoms with Crippen molar-refractivity contribution in [1.29, 1.82) is 0 Å². The monoisotopic (exact) mass is 610 g/mol. The third-order valence-electron chi connectivity index (χ3n) is 8.55. The third kappa shape index (κ3) is 6.42. The Morgan fingerprint density at radius 3 is 2.31 bits per heavy atom. The van der Waals surface area contributed by atoms with Crippen molar-refractivity contribution < 1.29 is 23.9 Å². The number of benzene rings is 3. The Morgan fingerprint density at radius 2 is 1.67 bits per heavy atom. The van der Waals surface area contributed by atoms with E-state index in [0.717, 1.165) is 53.2 Å². The first-order valence-corrected chi connectivity index (χ1v) is 15.7. The summed E-state index contributed by atoms with van der Waals surface area (Å²) in [5, 5.41) is 18.4. The molecule has 2 aliphatic heterocycles. The van der Waals surface area contributed by atoms with Crippen LogP contribution >= 0.6 is 0 Å². The predicted molar refractivity (Wildman–Crippen MR) is 173 cm³/mol. The maximum atomic E-state index is 14.6. The van der Waals surface area contributed by atoms with E-state index in [1.807, 2.05) is 62.4 Å². The number of carbonyl (C=O) groups is 1. The van der Waals surface area contributed by atoms with Gasteiger partial charge in [-0.1, -0.05) is 24.3 Å². The van der Waals surface area contributed by atoms with Crippen molar-refractivity contribution in [2.24, 2.45) is 11.0 Å². The summed E-state index contributed by atoms with van der Waals surface area (Å²) in [4.78, 5) is 28.0. The van der Waals surface area contributed by atoms with Crippen LogP contribution in [0.3, 0.4) is 0 Å². The SMILES string of the molecule is CCOc1ccc(/C=C2\CCC[C@H]3C2=NN(C(=O)c2cc([N+](=O)[O-])ccc2N2CCOCC2)[C@H]3c2ccc(OCC)cc2)cc1. The number of ether oxygens (including phenoxy) is 3. The maximum absolute atomic E-state index is 14.6. The van der Waals surface area contributed by atoms with Gasteiger partial charge in [0.1, 0.15) is 11.5 Å². The number of amides is 1. The van der Waals surface area contributed by atoms with Crippen molar-refractivity contribution in [1.82, 2.24) is 5.01 Å². The Balaban J connectivity index is 1.43. The van der Waals surface area contributed by atoms with Gasteiger partial charge in [0.15, 0.2) is 0 Å². The smallest absolute Gasteiger partial charge is 0.276 e. The molecule has 1 amide bonds. The fourth-order valence-corrected chi connectivity index (χ4v) is 6.47. The van der Waals surface area contributed by atoms with E-state index in [1.165, 1.54) is 12.1 Å². The number of fused-ring (bicyclic) bond motifs is 1. The Morgan fingerprint density at radius 1 is 1.00 bits per heavy atom. The van der Waals surface area contributed by atoms with Crippen LogP contribution in [0.15, 0.2) is 77.4 Å². The molecule has 3 aromatic rings. The summed E-state index contributed by atoms with van der Waals surface area (Å²) in [6.45, 7) is 7.28. The Bertz CT molecular complexity index is 1600. The molecule has 2 atom stereocenters. The zero-order valence-electron chi connectivity index (χ0n) is 25.7. The van der Waals surface area contributed by atoms with E-state index < -0.39 is 4.92 Å². The molecule has 45 heavy (non-hydrogen) atoms. The fraction of sp³-hybridized carbons (Fsp3) is 0.371. The number of hydrogen-bond acceptors (Lipinski definition) is 8. The number of hydrogen-bond donors (Lipinski definition) is 0. The van der Waals surface area contributed by atoms with E-state index in [2.05, 4.69) is 11.0 Å². The number of hydrazone groups is 1. The second-order valence-electron chi connectivity index (χ2n) is 11.3. The van der Waals surface area contributed by atoms with Crippen LogP contribution in [-0.2, 0) is 4.74 Å². The first kappa shape index (κ1) is 30.3. The summed E-state index contributed by atoms with van der Waals surface area (Å²) in [5.41, 5.74) is 4.74. The molecule has 10 heteroatoms. The molecule has 0 spiro atoms. The molecule has 1 saturated heterocycles. The molecule has 0 aromatic heterocycles. The van der Waals surface area contributed by atoms with Crippen molar-refractivity contribution in [3.05, 3.63) is 99.1 Å². The van der Waals surface area contributed by atoms with Crippen LogP contribution in [0.2, 0.25) is 0 Å². The summed E-state index contributed by atoms with van der Waals surface area (Å²) < 4.78 is 16.8. The van der Waals surface area contributed by atoms with Crippen molar-refractivity contribution in [2.45, 2.75) is 39.2 Å². The molecule has 1 aliphatic carbocycles. The van der Waals surface area contributed by atoms with E-state index in [4.69, 9.17) is 19.3 Å². The molecule has 234 valence electrons. The average Bonchev–Trinajstić information content (AvgIpc) is 3.47. The van der Waals surface area contributed by atoms with E-state index >= 15 is 0 Å². The Hall–Kier alpha value is -4.70. The van der Waals surface area contributed by atoms with Crippen molar-refractivity contribution in [3.8, 4) is 11.5 Å². The molecular formula is C35H38N4O6. The molecule has 2 heterocycles. The van der Waals surface area contributed by atoms with Crippen molar-refractivity contribution in [3.63, 3.8) is 0 Å². The molecule has 10 nitrogen and oxygen atoms in total. The molecule has 1 saturated carbocycles. The predicted octanol–water partition coefficient (Wildman–Crippen LogP) is 6.67. The minimum Gasteiger partial charge on any atom is -0.494 e. The highest BCUT2D eigenvalue weighted by Gasteiger charge is 2.44. The van der Waals surface area contributed by atoms with Gasteiger partial charge in [-0.2, -0.15) is 5.10 Å². The maximum Gasteiger partial charge on any atom is 0.276 e. The average molecular weight is 611 g/mol. The van der Waals surface area contributed by atoms with Crippen LogP contribution in [0, 0.1) is 16.0 Å². The van der Waals surface area contributed by atoms with Crippen LogP contribution in [0.5, 0.6) is 11.5 Å². The quantitative estimate of drug-likeness (QED) is 0.197. The molecule has 3 aromatic carbocycles.